The lowest BCUT2D eigenvalue weighted by molar-refractivity contribution is 1.43. The van der Waals surface area contributed by atoms with Crippen molar-refractivity contribution in [3.8, 4) is 11.1 Å². The van der Waals surface area contributed by atoms with E-state index in [-0.39, 0.29) is 0 Å². The Hall–Kier alpha value is -2.08. The van der Waals surface area contributed by atoms with Gasteiger partial charge >= 0.3 is 0 Å². The number of hydrogen-bond donors (Lipinski definition) is 0. The molecule has 0 aromatic heterocycles. The van der Waals surface area contributed by atoms with Gasteiger partial charge < -0.3 is 0 Å². The molecule has 0 saturated carbocycles. The van der Waals surface area contributed by atoms with Gasteiger partial charge in [-0.05, 0) is 32.0 Å². The summed E-state index contributed by atoms with van der Waals surface area (Å²) in [7, 11) is 0. The molecule has 0 nitrogen and oxygen atoms in total. The quantitative estimate of drug-likeness (QED) is 0.632. The van der Waals surface area contributed by atoms with E-state index in [1.807, 2.05) is 0 Å². The second-order valence-corrected chi connectivity index (χ2v) is 4.28. The molecule has 0 aliphatic heterocycles. The molecule has 2 aromatic rings. The third-order valence-electron chi connectivity index (χ3n) is 3.43. The molecule has 16 heavy (non-hydrogen) atoms. The molecule has 2 aromatic carbocycles. The van der Waals surface area contributed by atoms with E-state index < -0.39 is 0 Å². The zero-order chi connectivity index (χ0) is 10.5. The predicted molar refractivity (Wildman–Crippen MR) is 68.2 cm³/mol. The summed E-state index contributed by atoms with van der Waals surface area (Å²) in [5.74, 6) is 0. The Labute approximate surface area is 93.2 Å². The first-order chi connectivity index (χ1) is 7.93. The molecule has 0 saturated heterocycles. The molecule has 0 bridgehead atoms. The van der Waals surface area contributed by atoms with Crippen LogP contribution in [0.4, 0.5) is 0 Å². The van der Waals surface area contributed by atoms with Crippen LogP contribution in [0.3, 0.4) is 0 Å². The van der Waals surface area contributed by atoms with Crippen LogP contribution in [0.2, 0.25) is 0 Å². The molecule has 0 heterocycles. The summed E-state index contributed by atoms with van der Waals surface area (Å²) in [5, 5.41) is 5.49. The van der Waals surface area contributed by atoms with Crippen molar-refractivity contribution < 1.29 is 0 Å². The first-order valence-electron chi connectivity index (χ1n) is 5.56. The van der Waals surface area contributed by atoms with E-state index in [4.69, 9.17) is 0 Å². The zero-order valence-corrected chi connectivity index (χ0v) is 8.77. The first kappa shape index (κ1) is 8.12. The summed E-state index contributed by atoms with van der Waals surface area (Å²) in [6, 6.07) is 13.0. The SMILES string of the molecule is C1=c2cccc(-c3cccc4c3=CC=4)c2=C1. The minimum absolute atomic E-state index is 1.36. The number of rotatable bonds is 1. The molecule has 0 fully saturated rings. The molecule has 0 radical (unpaired) electrons. The lowest BCUT2D eigenvalue weighted by Gasteiger charge is -2.11. The van der Waals surface area contributed by atoms with Crippen molar-refractivity contribution in [2.24, 2.45) is 0 Å². The summed E-state index contributed by atoms with van der Waals surface area (Å²) in [5.41, 5.74) is 2.72. The van der Waals surface area contributed by atoms with Gasteiger partial charge in [0.25, 0.3) is 0 Å². The Bertz CT molecular complexity index is 763. The molecule has 0 spiro atoms. The Kier molecular flexibility index (Phi) is 1.39. The van der Waals surface area contributed by atoms with Gasteiger partial charge in [0.05, 0.1) is 0 Å². The number of hydrogen-bond acceptors (Lipinski definition) is 0. The molecule has 0 heteroatoms. The van der Waals surface area contributed by atoms with Crippen molar-refractivity contribution in [3.05, 3.63) is 57.3 Å². The third-order valence-corrected chi connectivity index (χ3v) is 3.43. The van der Waals surface area contributed by atoms with E-state index in [2.05, 4.69) is 60.7 Å². The Morgan fingerprint density at radius 1 is 0.500 bits per heavy atom. The summed E-state index contributed by atoms with van der Waals surface area (Å²) in [6.45, 7) is 0. The molecule has 4 rings (SSSR count). The second kappa shape index (κ2) is 2.73. The Morgan fingerprint density at radius 2 is 1.00 bits per heavy atom. The maximum atomic E-state index is 2.21. The fourth-order valence-electron chi connectivity index (χ4n) is 2.45. The summed E-state index contributed by atoms with van der Waals surface area (Å²) in [6.07, 6.45) is 8.74. The van der Waals surface area contributed by atoms with Crippen molar-refractivity contribution in [3.63, 3.8) is 0 Å². The van der Waals surface area contributed by atoms with Crippen LogP contribution in [-0.4, -0.2) is 0 Å². The highest BCUT2D eigenvalue weighted by Gasteiger charge is 2.07. The molecule has 0 atom stereocenters. The highest BCUT2D eigenvalue weighted by atomic mass is 14.1. The first-order valence-corrected chi connectivity index (χ1v) is 5.56. The van der Waals surface area contributed by atoms with Gasteiger partial charge in [-0.25, -0.2) is 0 Å². The van der Waals surface area contributed by atoms with Gasteiger partial charge in [-0.1, -0.05) is 60.7 Å². The monoisotopic (exact) mass is 202 g/mol. The van der Waals surface area contributed by atoms with E-state index in [0.717, 1.165) is 0 Å². The normalized spacial score (nSPS) is 13.8. The zero-order valence-electron chi connectivity index (χ0n) is 8.77. The highest BCUT2D eigenvalue weighted by molar-refractivity contribution is 5.81. The largest absolute Gasteiger partial charge is 0.0610 e. The summed E-state index contributed by atoms with van der Waals surface area (Å²) >= 11 is 0. The average molecular weight is 202 g/mol. The third kappa shape index (κ3) is 0.892. The van der Waals surface area contributed by atoms with Gasteiger partial charge in [0.15, 0.2) is 0 Å². The maximum absolute atomic E-state index is 2.21. The van der Waals surface area contributed by atoms with Crippen molar-refractivity contribution in [2.75, 3.05) is 0 Å². The summed E-state index contributed by atoms with van der Waals surface area (Å²) < 4.78 is 0. The Balaban J connectivity index is 2.14. The van der Waals surface area contributed by atoms with Gasteiger partial charge in [0.1, 0.15) is 0 Å². The standard InChI is InChI=1S/C16H10/c1-3-11-7-9-13(11)15(5-1)16-6-2-4-12-8-10-14(12)16/h1-10H. The van der Waals surface area contributed by atoms with Gasteiger partial charge in [-0.3, -0.25) is 0 Å². The topological polar surface area (TPSA) is 0 Å². The van der Waals surface area contributed by atoms with Crippen LogP contribution in [0.15, 0.2) is 36.4 Å². The molecule has 74 valence electrons. The minimum atomic E-state index is 1.36. The van der Waals surface area contributed by atoms with Crippen molar-refractivity contribution in [1.29, 1.82) is 0 Å². The smallest absolute Gasteiger partial charge is 0.00992 e. The molecule has 0 N–H and O–H groups in total. The molecular weight excluding hydrogens is 192 g/mol. The number of fused-ring (bicyclic) bond motifs is 2. The molecule has 2 aliphatic carbocycles. The van der Waals surface area contributed by atoms with Gasteiger partial charge in [-0.2, -0.15) is 0 Å². The van der Waals surface area contributed by atoms with Gasteiger partial charge in [-0.15, -0.1) is 0 Å². The van der Waals surface area contributed by atoms with Crippen LogP contribution in [0.5, 0.6) is 0 Å². The maximum Gasteiger partial charge on any atom is -0.00992 e. The lowest BCUT2D eigenvalue weighted by atomic mass is 9.93. The van der Waals surface area contributed by atoms with Crippen LogP contribution >= 0.6 is 0 Å². The molecule has 0 amide bonds. The van der Waals surface area contributed by atoms with Gasteiger partial charge in [0.2, 0.25) is 0 Å². The number of benzene rings is 2. The van der Waals surface area contributed by atoms with E-state index in [9.17, 15) is 0 Å². The van der Waals surface area contributed by atoms with Crippen molar-refractivity contribution in [1.82, 2.24) is 0 Å². The highest BCUT2D eigenvalue weighted by Crippen LogP contribution is 2.10. The Morgan fingerprint density at radius 3 is 1.38 bits per heavy atom. The molecule has 2 aliphatic rings. The second-order valence-electron chi connectivity index (χ2n) is 4.28. The van der Waals surface area contributed by atoms with Crippen LogP contribution in [0, 0.1) is 0 Å². The fourth-order valence-corrected chi connectivity index (χ4v) is 2.45. The molecular formula is C16H10. The van der Waals surface area contributed by atoms with E-state index in [0.29, 0.717) is 0 Å². The minimum Gasteiger partial charge on any atom is -0.0610 e. The lowest BCUT2D eigenvalue weighted by Crippen LogP contribution is -2.37. The predicted octanol–water partition coefficient (Wildman–Crippen LogP) is 0.503. The molecule has 0 unspecified atom stereocenters. The van der Waals surface area contributed by atoms with Crippen molar-refractivity contribution in [2.45, 2.75) is 0 Å². The fraction of sp³-hybridized carbons (Fsp3) is 0. The van der Waals surface area contributed by atoms with Crippen LogP contribution in [-0.2, 0) is 0 Å². The van der Waals surface area contributed by atoms with Crippen molar-refractivity contribution >= 4 is 24.3 Å². The van der Waals surface area contributed by atoms with Crippen LogP contribution in [0.1, 0.15) is 0 Å². The van der Waals surface area contributed by atoms with Crippen LogP contribution in [0.25, 0.3) is 35.4 Å². The summed E-state index contributed by atoms with van der Waals surface area (Å²) in [4.78, 5) is 0. The van der Waals surface area contributed by atoms with E-state index >= 15 is 0 Å². The van der Waals surface area contributed by atoms with E-state index in [1.54, 1.807) is 0 Å². The average Bonchev–Trinajstić information content (AvgIpc) is 2.21. The van der Waals surface area contributed by atoms with Gasteiger partial charge in [0, 0.05) is 0 Å². The van der Waals surface area contributed by atoms with Crippen LogP contribution < -0.4 is 20.9 Å². The van der Waals surface area contributed by atoms with E-state index in [1.165, 1.54) is 32.0 Å².